The van der Waals surface area contributed by atoms with Gasteiger partial charge in [0.15, 0.2) is 29.6 Å². The smallest absolute Gasteiger partial charge is 0.413 e. The Morgan fingerprint density at radius 1 is 0.848 bits per heavy atom. The molecular formula is C68H69N5O18S. The molecule has 92 heavy (non-hydrogen) atoms. The molecule has 9 N–H and O–H groups in total. The number of carboxylic acids is 1. The number of aliphatic carboxylic acids is 1. The van der Waals surface area contributed by atoms with E-state index in [-0.39, 0.29) is 92.1 Å². The summed E-state index contributed by atoms with van der Waals surface area (Å²) in [6, 6.07) is 26.3. The van der Waals surface area contributed by atoms with Crippen molar-refractivity contribution >= 4 is 69.9 Å². The standard InChI is InChI=1S/C68H69N5O18S/c1-66-25-23-43(75)29-42(66)18-19-44-45-30-51-68(50(77)33-74,67(45,2)31-48(76)57(44)66)91-63(89-51)40-14-11-36(12-15-40)28-55-71-52(35-92-55)72-65(86)87-34-37-13-20-49(88-64-60(83)58(81)59(82)61(90-64)62(84)85)46(27-37)70-54(79)24-26-69-53(78)21-22-56(80)73-32-41-9-4-3-7-38(41)16-17-39-8-5-6-10-47(39)73/h3-15,20,23,25,27,29,35,44-45,48,51,57-61,63-64,74,76,81-83H,18-19,21-22,24,26,28,30-34H2,1-2H3,(H,69,78)(H,70,79)(H,72,86)(H,84,85)/t44-,45-,48-,51+,57+,58-,59-,60+,61-,63+,64+,66-,67-,68+/m0/s1. The number of anilines is 3. The third kappa shape index (κ3) is 12.2. The molecule has 0 radical (unpaired) electrons. The predicted molar refractivity (Wildman–Crippen MR) is 329 cm³/mol. The van der Waals surface area contributed by atoms with Crippen molar-refractivity contribution in [3.63, 3.8) is 0 Å². The maximum atomic E-state index is 14.1. The minimum Gasteiger partial charge on any atom is -0.479 e. The zero-order valence-corrected chi connectivity index (χ0v) is 51.0. The Morgan fingerprint density at radius 3 is 2.38 bits per heavy atom. The number of ether oxygens (including phenoxy) is 5. The Balaban J connectivity index is 0.650. The monoisotopic (exact) mass is 1280 g/mol. The van der Waals surface area contributed by atoms with Gasteiger partial charge in [0.25, 0.3) is 0 Å². The zero-order chi connectivity index (χ0) is 64.8. The van der Waals surface area contributed by atoms with Gasteiger partial charge in [-0.3, -0.25) is 29.3 Å². The van der Waals surface area contributed by atoms with E-state index in [9.17, 15) is 64.2 Å². The molecule has 24 heteroatoms. The normalized spacial score (nSPS) is 29.8. The fraction of sp³-hybridized carbons (Fsp3) is 0.412. The van der Waals surface area contributed by atoms with Crippen LogP contribution in [0.3, 0.4) is 0 Å². The number of thiazole rings is 1. The molecule has 3 aliphatic heterocycles. The highest BCUT2D eigenvalue weighted by molar-refractivity contribution is 7.10. The van der Waals surface area contributed by atoms with Gasteiger partial charge in [0.1, 0.15) is 43.1 Å². The van der Waals surface area contributed by atoms with Crippen molar-refractivity contribution < 1.29 is 87.9 Å². The minimum absolute atomic E-state index is 0.0194. The van der Waals surface area contributed by atoms with Gasteiger partial charge in [-0.05, 0) is 96.7 Å². The summed E-state index contributed by atoms with van der Waals surface area (Å²) in [4.78, 5) is 97.9. The summed E-state index contributed by atoms with van der Waals surface area (Å²) in [5, 5.41) is 73.8. The van der Waals surface area contributed by atoms with Gasteiger partial charge in [0.2, 0.25) is 24.0 Å². The number of hydrogen-bond donors (Lipinski definition) is 9. The first-order chi connectivity index (χ1) is 44.2. The lowest BCUT2D eigenvalue weighted by atomic mass is 9.46. The van der Waals surface area contributed by atoms with Crippen LogP contribution in [-0.4, -0.2) is 139 Å². The van der Waals surface area contributed by atoms with E-state index < -0.39 is 102 Å². The van der Waals surface area contributed by atoms with Gasteiger partial charge in [0.05, 0.1) is 35.1 Å². The number of carbonyl (C=O) groups excluding carboxylic acids is 6. The number of rotatable bonds is 18. The van der Waals surface area contributed by atoms with Crippen molar-refractivity contribution in [3.8, 4) is 17.6 Å². The van der Waals surface area contributed by atoms with E-state index >= 15 is 0 Å². The molecule has 4 aliphatic carbocycles. The topological polar surface area (TPSA) is 339 Å². The molecule has 14 atom stereocenters. The summed E-state index contributed by atoms with van der Waals surface area (Å²) >= 11 is 1.29. The fourth-order valence-corrected chi connectivity index (χ4v) is 15.6. The molecule has 0 unspecified atom stereocenters. The van der Waals surface area contributed by atoms with Crippen LogP contribution in [0.2, 0.25) is 0 Å². The van der Waals surface area contributed by atoms with Gasteiger partial charge < -0.3 is 69.9 Å². The van der Waals surface area contributed by atoms with Crippen molar-refractivity contribution in [1.29, 1.82) is 0 Å². The second kappa shape index (κ2) is 25.9. The number of nitrogens with zero attached hydrogens (tertiary/aromatic N) is 2. The number of aliphatic hydroxyl groups is 5. The number of hydrogen-bond acceptors (Lipinski definition) is 19. The lowest BCUT2D eigenvalue weighted by molar-refractivity contribution is -0.271. The van der Waals surface area contributed by atoms with Crippen LogP contribution in [0.25, 0.3) is 0 Å². The van der Waals surface area contributed by atoms with E-state index in [2.05, 4.69) is 39.7 Å². The van der Waals surface area contributed by atoms with Crippen LogP contribution in [0.15, 0.2) is 120 Å². The number of para-hydroxylation sites is 1. The van der Waals surface area contributed by atoms with Crippen LogP contribution in [0.5, 0.6) is 5.75 Å². The number of amides is 4. The third-order valence-corrected chi connectivity index (χ3v) is 20.2. The SMILES string of the molecule is C[C@]12C=CC(=O)C=C1CC[C@@H]1[C@@H]2[C@@H](O)C[C@@]2(C)[C@H]1C[C@H]1O[C@@H](c3ccc(Cc4nc(NC(=O)OCc5ccc(O[C@@H]6O[C@H](C(=O)O)[C@@H](O)[C@H](O)[C@H]6O)c(NC(=O)CCNC(=O)CCC(=O)N6Cc7ccccc7C#Cc7ccccc76)c5)cs4)cc3)O[C@]12C(=O)CO. The van der Waals surface area contributed by atoms with Gasteiger partial charge in [-0.15, -0.1) is 11.3 Å². The molecule has 12 rings (SSSR count). The summed E-state index contributed by atoms with van der Waals surface area (Å²) in [6.07, 6.45) is -5.88. The Hall–Kier alpha value is -8.48. The maximum Gasteiger partial charge on any atom is 0.413 e. The number of Topliss-reactive ketones (excluding diaryl/α,β-unsaturated/α-hetero) is 1. The molecule has 0 spiro atoms. The number of benzene rings is 4. The second-order valence-corrected chi connectivity index (χ2v) is 25.8. The first kappa shape index (κ1) is 63.7. The van der Waals surface area contributed by atoms with Gasteiger partial charge >= 0.3 is 12.1 Å². The number of allylic oxidation sites excluding steroid dienone is 4. The molecule has 0 bridgehead atoms. The molecular weight excluding hydrogens is 1210 g/mol. The van der Waals surface area contributed by atoms with E-state index in [0.717, 1.165) is 28.7 Å². The highest BCUT2D eigenvalue weighted by Crippen LogP contribution is 2.70. The molecule has 23 nitrogen and oxygen atoms in total. The molecule has 7 aliphatic rings. The lowest BCUT2D eigenvalue weighted by Gasteiger charge is -2.59. The molecule has 480 valence electrons. The van der Waals surface area contributed by atoms with Crippen molar-refractivity contribution in [2.45, 2.75) is 133 Å². The highest BCUT2D eigenvalue weighted by atomic mass is 32.1. The van der Waals surface area contributed by atoms with Gasteiger partial charge in [-0.1, -0.05) is 98.0 Å². The number of ketones is 2. The van der Waals surface area contributed by atoms with E-state index in [0.29, 0.717) is 46.6 Å². The largest absolute Gasteiger partial charge is 0.479 e. The molecule has 4 heterocycles. The molecule has 4 aromatic carbocycles. The molecule has 2 saturated heterocycles. The average Bonchev–Trinajstić information content (AvgIpc) is 1.43. The summed E-state index contributed by atoms with van der Waals surface area (Å²) in [7, 11) is 0. The molecule has 5 aromatic rings. The van der Waals surface area contributed by atoms with Crippen LogP contribution in [0.4, 0.5) is 22.0 Å². The van der Waals surface area contributed by atoms with Crippen LogP contribution >= 0.6 is 11.3 Å². The quantitative estimate of drug-likeness (QED) is 0.0487. The van der Waals surface area contributed by atoms with Crippen LogP contribution < -0.4 is 25.6 Å². The van der Waals surface area contributed by atoms with Crippen molar-refractivity contribution in [1.82, 2.24) is 10.3 Å². The molecule has 5 fully saturated rings. The van der Waals surface area contributed by atoms with E-state index in [4.69, 9.17) is 23.7 Å². The minimum atomic E-state index is -2.00. The van der Waals surface area contributed by atoms with Crippen LogP contribution in [-0.2, 0) is 67.3 Å². The molecule has 1 aromatic heterocycles. The second-order valence-electron chi connectivity index (χ2n) is 24.8. The Labute approximate surface area is 532 Å². The van der Waals surface area contributed by atoms with Crippen molar-refractivity contribution in [3.05, 3.63) is 159 Å². The zero-order valence-electron chi connectivity index (χ0n) is 50.2. The number of aromatic nitrogens is 1. The van der Waals surface area contributed by atoms with Crippen LogP contribution in [0, 0.1) is 40.4 Å². The van der Waals surface area contributed by atoms with Gasteiger partial charge in [0, 0.05) is 71.0 Å². The highest BCUT2D eigenvalue weighted by Gasteiger charge is 2.76. The summed E-state index contributed by atoms with van der Waals surface area (Å²) in [6.45, 7) is 3.05. The Kier molecular flexibility index (Phi) is 17.9. The summed E-state index contributed by atoms with van der Waals surface area (Å²) < 4.78 is 30.1. The first-order valence-electron chi connectivity index (χ1n) is 30.5. The number of fused-ring (bicyclic) bond motifs is 9. The molecule has 4 amide bonds. The van der Waals surface area contributed by atoms with E-state index in [1.165, 1.54) is 29.5 Å². The van der Waals surface area contributed by atoms with E-state index in [1.54, 1.807) is 34.6 Å². The number of carbonyl (C=O) groups is 7. The first-order valence-corrected chi connectivity index (χ1v) is 31.4. The Bertz CT molecular complexity index is 3880. The predicted octanol–water partition coefficient (Wildman–Crippen LogP) is 5.53. The third-order valence-electron chi connectivity index (χ3n) is 19.3. The molecule has 3 saturated carbocycles. The van der Waals surface area contributed by atoms with Crippen molar-refractivity contribution in [2.24, 2.45) is 28.6 Å². The van der Waals surface area contributed by atoms with Crippen LogP contribution in [0.1, 0.15) is 103 Å². The average molecular weight is 1280 g/mol. The fourth-order valence-electron chi connectivity index (χ4n) is 14.9. The number of aliphatic hydroxyl groups excluding tert-OH is 5. The van der Waals surface area contributed by atoms with Gasteiger partial charge in [-0.25, -0.2) is 14.6 Å². The van der Waals surface area contributed by atoms with Crippen molar-refractivity contribution in [2.75, 3.05) is 28.7 Å². The lowest BCUT2D eigenvalue weighted by Crippen LogP contribution is -2.63. The van der Waals surface area contributed by atoms with Gasteiger partial charge in [-0.2, -0.15) is 0 Å². The Morgan fingerprint density at radius 2 is 1.60 bits per heavy atom. The summed E-state index contributed by atoms with van der Waals surface area (Å²) in [5.74, 6) is 2.50. The maximum absolute atomic E-state index is 14.1. The summed E-state index contributed by atoms with van der Waals surface area (Å²) in [5.41, 5.74) is 2.84. The van der Waals surface area contributed by atoms with E-state index in [1.807, 2.05) is 73.7 Å². The number of carboxylic acid groups (broad SMARTS) is 1. The number of nitrogens with one attached hydrogen (secondary N) is 3.